The maximum absolute atomic E-state index is 12.0. The smallest absolute Gasteiger partial charge is 0.412 e. The number of nitrogen functional groups attached to an aromatic ring is 1. The summed E-state index contributed by atoms with van der Waals surface area (Å²) in [6.07, 6.45) is -8.95. The lowest BCUT2D eigenvalue weighted by molar-refractivity contribution is -0.138. The summed E-state index contributed by atoms with van der Waals surface area (Å²) in [5.41, 5.74) is 3.16. The highest BCUT2D eigenvalue weighted by Crippen LogP contribution is 2.34. The zero-order chi connectivity index (χ0) is 18.7. The van der Waals surface area contributed by atoms with Gasteiger partial charge in [-0.05, 0) is 24.3 Å². The fraction of sp³-hybridized carbons (Fsp3) is 0.167. The summed E-state index contributed by atoms with van der Waals surface area (Å²) in [6.45, 7) is 0. The van der Waals surface area contributed by atoms with Crippen molar-refractivity contribution in [3.63, 3.8) is 0 Å². The van der Waals surface area contributed by atoms with E-state index < -0.39 is 33.8 Å². The predicted molar refractivity (Wildman–Crippen MR) is 86.6 cm³/mol. The Balaban J connectivity index is 0. The first-order valence-electron chi connectivity index (χ1n) is 5.71. The Bertz CT molecular complexity index is 666. The van der Waals surface area contributed by atoms with E-state index in [-0.39, 0.29) is 22.6 Å². The maximum Gasteiger partial charge on any atom is 0.419 e. The van der Waals surface area contributed by atoms with Gasteiger partial charge in [0.1, 0.15) is 21.3 Å². The number of pyridine rings is 2. The van der Waals surface area contributed by atoms with Crippen LogP contribution >= 0.6 is 34.8 Å². The average Bonchev–Trinajstić information content (AvgIpc) is 2.35. The number of aromatic nitrogens is 2. The number of hydrogen-bond acceptors (Lipinski definition) is 4. The van der Waals surface area contributed by atoms with E-state index in [0.29, 0.717) is 0 Å². The van der Waals surface area contributed by atoms with Gasteiger partial charge < -0.3 is 17.4 Å². The molecule has 5 nitrogen and oxygen atoms in total. The molecule has 0 aliphatic carbocycles. The monoisotopic (exact) mass is 446 g/mol. The highest BCUT2D eigenvalue weighted by atomic mass is 35.5. The van der Waals surface area contributed by atoms with Crippen LogP contribution in [-0.4, -0.2) is 15.4 Å². The van der Waals surface area contributed by atoms with Crippen molar-refractivity contribution >= 4 is 40.6 Å². The molecule has 7 N–H and O–H groups in total. The predicted octanol–water partition coefficient (Wildman–Crippen LogP) is 5.08. The molecule has 0 aromatic carbocycles. The fourth-order valence-electron chi connectivity index (χ4n) is 1.28. The van der Waals surface area contributed by atoms with Gasteiger partial charge in [0, 0.05) is 0 Å². The van der Waals surface area contributed by atoms with Crippen LogP contribution in [0.2, 0.25) is 15.5 Å². The maximum atomic E-state index is 12.0. The van der Waals surface area contributed by atoms with E-state index in [1.54, 1.807) is 0 Å². The second-order valence-corrected chi connectivity index (χ2v) is 5.15. The van der Waals surface area contributed by atoms with E-state index in [1.807, 2.05) is 0 Å². The van der Waals surface area contributed by atoms with Crippen LogP contribution in [0.3, 0.4) is 0 Å². The summed E-state index contributed by atoms with van der Waals surface area (Å²) in [4.78, 5) is 6.51. The lowest BCUT2D eigenvalue weighted by Crippen LogP contribution is -2.07. The van der Waals surface area contributed by atoms with E-state index in [1.165, 1.54) is 0 Å². The van der Waals surface area contributed by atoms with Crippen LogP contribution in [0.5, 0.6) is 0 Å². The molecule has 2 aromatic heterocycles. The number of nitrogens with two attached hydrogens (primary N) is 1. The molecule has 2 heterocycles. The van der Waals surface area contributed by atoms with Crippen molar-refractivity contribution in [3.8, 4) is 0 Å². The summed E-state index contributed by atoms with van der Waals surface area (Å²) in [7, 11) is 0. The van der Waals surface area contributed by atoms with Crippen molar-refractivity contribution in [2.24, 2.45) is 0 Å². The van der Waals surface area contributed by atoms with Crippen molar-refractivity contribution in [2.75, 3.05) is 5.73 Å². The Labute approximate surface area is 158 Å². The summed E-state index contributed by atoms with van der Waals surface area (Å²) in [5.74, 6) is -0.0343. The van der Waals surface area contributed by atoms with Crippen molar-refractivity contribution in [3.05, 3.63) is 50.9 Å². The normalized spacial score (nSPS) is 10.8. The minimum absolute atomic E-state index is 0. The molecule has 0 aliphatic rings. The minimum Gasteiger partial charge on any atom is -0.412 e. The van der Waals surface area contributed by atoms with Crippen molar-refractivity contribution in [1.82, 2.24) is 16.1 Å². The molecule has 0 saturated carbocycles. The molecule has 0 saturated heterocycles. The molecule has 0 atom stereocenters. The Morgan fingerprint density at radius 2 is 1.12 bits per heavy atom. The Morgan fingerprint density at radius 3 is 1.46 bits per heavy atom. The van der Waals surface area contributed by atoms with Gasteiger partial charge in [-0.15, -0.1) is 0 Å². The minimum atomic E-state index is -4.48. The van der Waals surface area contributed by atoms with Crippen molar-refractivity contribution in [1.29, 1.82) is 0 Å². The SMILES string of the molecule is FC(F)(F)c1ccc(Cl)nc1Cl.N.Nc1ccc(C(F)(F)F)c(Cl)n1.O. The van der Waals surface area contributed by atoms with Crippen LogP contribution in [0.25, 0.3) is 0 Å². The number of rotatable bonds is 0. The molecule has 0 fully saturated rings. The molecule has 0 radical (unpaired) electrons. The van der Waals surface area contributed by atoms with E-state index in [9.17, 15) is 26.3 Å². The average molecular weight is 448 g/mol. The summed E-state index contributed by atoms with van der Waals surface area (Å²) in [5, 5.41) is -1.31. The van der Waals surface area contributed by atoms with Gasteiger partial charge in [0.2, 0.25) is 0 Å². The zero-order valence-corrected chi connectivity index (χ0v) is 14.7. The van der Waals surface area contributed by atoms with Crippen LogP contribution in [0.15, 0.2) is 24.3 Å². The Kier molecular flexibility index (Phi) is 10.2. The zero-order valence-electron chi connectivity index (χ0n) is 12.4. The van der Waals surface area contributed by atoms with Crippen molar-refractivity contribution in [2.45, 2.75) is 12.4 Å². The van der Waals surface area contributed by atoms with Crippen LogP contribution < -0.4 is 11.9 Å². The molecule has 26 heavy (non-hydrogen) atoms. The number of hydrogen-bond donors (Lipinski definition) is 2. The van der Waals surface area contributed by atoms with E-state index >= 15 is 0 Å². The standard InChI is InChI=1S/C6H2Cl2F3N.C6H4ClF3N2.H3N.H2O/c7-4-2-1-3(5(8)12-4)6(9,10)11;7-5-3(6(8,9)10)1-2-4(11)12-5;;/h1-2H;1-2H,(H2,11,12);1H3;1H2. The number of nitrogens with zero attached hydrogens (tertiary/aromatic N) is 2. The number of halogens is 9. The largest absolute Gasteiger partial charge is 0.419 e. The van der Waals surface area contributed by atoms with Gasteiger partial charge in [-0.3, -0.25) is 0 Å². The second-order valence-electron chi connectivity index (χ2n) is 4.04. The lowest BCUT2D eigenvalue weighted by atomic mass is 10.3. The Hall–Kier alpha value is -1.53. The molecule has 0 aliphatic heterocycles. The van der Waals surface area contributed by atoms with E-state index in [0.717, 1.165) is 24.3 Å². The van der Waals surface area contributed by atoms with Gasteiger partial charge in [0.05, 0.1) is 11.1 Å². The molecular formula is C12H11Cl3F6N4O. The first-order chi connectivity index (χ1) is 10.8. The lowest BCUT2D eigenvalue weighted by Gasteiger charge is -2.07. The third-order valence-corrected chi connectivity index (χ3v) is 3.08. The first-order valence-corrected chi connectivity index (χ1v) is 6.84. The molecular weight excluding hydrogens is 437 g/mol. The van der Waals surface area contributed by atoms with E-state index in [4.69, 9.17) is 40.5 Å². The molecule has 0 spiro atoms. The molecule has 0 bridgehead atoms. The van der Waals surface area contributed by atoms with Crippen LogP contribution in [0.4, 0.5) is 32.2 Å². The quantitative estimate of drug-likeness (QED) is 0.432. The first kappa shape index (κ1) is 26.7. The van der Waals surface area contributed by atoms with Crippen LogP contribution in [-0.2, 0) is 12.4 Å². The highest BCUT2D eigenvalue weighted by Gasteiger charge is 2.34. The molecule has 0 unspecified atom stereocenters. The molecule has 2 rings (SSSR count). The van der Waals surface area contributed by atoms with Gasteiger partial charge >= 0.3 is 12.4 Å². The molecule has 0 amide bonds. The van der Waals surface area contributed by atoms with Crippen molar-refractivity contribution < 1.29 is 31.8 Å². The van der Waals surface area contributed by atoms with Crippen LogP contribution in [0.1, 0.15) is 11.1 Å². The van der Waals surface area contributed by atoms with Gasteiger partial charge in [-0.1, -0.05) is 34.8 Å². The third kappa shape index (κ3) is 7.79. The summed E-state index contributed by atoms with van der Waals surface area (Å²) < 4.78 is 72.1. The highest BCUT2D eigenvalue weighted by molar-refractivity contribution is 6.32. The Morgan fingerprint density at radius 1 is 0.731 bits per heavy atom. The van der Waals surface area contributed by atoms with Gasteiger partial charge in [0.25, 0.3) is 0 Å². The number of alkyl halides is 6. The summed E-state index contributed by atoms with van der Waals surface area (Å²) in [6, 6.07) is 3.67. The fourth-order valence-corrected chi connectivity index (χ4v) is 2.00. The summed E-state index contributed by atoms with van der Waals surface area (Å²) >= 11 is 15.7. The van der Waals surface area contributed by atoms with E-state index in [2.05, 4.69) is 9.97 Å². The van der Waals surface area contributed by atoms with Gasteiger partial charge in [-0.2, -0.15) is 26.3 Å². The van der Waals surface area contributed by atoms with Gasteiger partial charge in [0.15, 0.2) is 0 Å². The second kappa shape index (κ2) is 9.97. The van der Waals surface area contributed by atoms with Crippen LogP contribution in [0, 0.1) is 0 Å². The van der Waals surface area contributed by atoms with Gasteiger partial charge in [-0.25, -0.2) is 9.97 Å². The third-order valence-electron chi connectivity index (χ3n) is 2.30. The molecule has 14 heteroatoms. The topological polar surface area (TPSA) is 118 Å². The number of anilines is 1. The molecule has 2 aromatic rings. The molecule has 148 valence electrons.